The van der Waals surface area contributed by atoms with E-state index in [1.54, 1.807) is 0 Å². The maximum Gasteiger partial charge on any atom is 0.240 e. The Morgan fingerprint density at radius 3 is 2.56 bits per heavy atom. The van der Waals surface area contributed by atoms with E-state index in [1.165, 1.54) is 12.0 Å². The van der Waals surface area contributed by atoms with Crippen LogP contribution in [0.3, 0.4) is 0 Å². The first kappa shape index (κ1) is 22.2. The number of carbonyl (C=O) groups is 1. The summed E-state index contributed by atoms with van der Waals surface area (Å²) in [6.45, 7) is 4.11. The molecule has 2 fully saturated rings. The van der Waals surface area contributed by atoms with Gasteiger partial charge in [0.2, 0.25) is 5.91 Å². The fourth-order valence-corrected chi connectivity index (χ4v) is 3.86. The van der Waals surface area contributed by atoms with Gasteiger partial charge >= 0.3 is 0 Å². The van der Waals surface area contributed by atoms with Crippen molar-refractivity contribution in [1.82, 2.24) is 10.2 Å². The SMILES string of the molecule is Cl.Cl.NC1(C(=O)NCC2CCN(CCc3ccccc3)C2)CCCC1. The van der Waals surface area contributed by atoms with Gasteiger partial charge in [0.05, 0.1) is 5.54 Å². The number of nitrogens with one attached hydrogen (secondary N) is 1. The van der Waals surface area contributed by atoms with Crippen molar-refractivity contribution in [3.05, 3.63) is 35.9 Å². The quantitative estimate of drug-likeness (QED) is 0.788. The summed E-state index contributed by atoms with van der Waals surface area (Å²) in [6.07, 6.45) is 6.12. The van der Waals surface area contributed by atoms with Crippen LogP contribution in [0.1, 0.15) is 37.7 Å². The van der Waals surface area contributed by atoms with E-state index in [-0.39, 0.29) is 30.7 Å². The zero-order valence-electron chi connectivity index (χ0n) is 14.8. The van der Waals surface area contributed by atoms with Crippen LogP contribution >= 0.6 is 24.8 Å². The molecule has 1 atom stereocenters. The minimum Gasteiger partial charge on any atom is -0.354 e. The number of likely N-dealkylation sites (tertiary alicyclic amines) is 1. The van der Waals surface area contributed by atoms with E-state index in [2.05, 4.69) is 40.5 Å². The highest BCUT2D eigenvalue weighted by atomic mass is 35.5. The highest BCUT2D eigenvalue weighted by molar-refractivity contribution is 5.86. The van der Waals surface area contributed by atoms with Crippen LogP contribution < -0.4 is 11.1 Å². The van der Waals surface area contributed by atoms with Crippen LogP contribution in [-0.2, 0) is 11.2 Å². The smallest absolute Gasteiger partial charge is 0.240 e. The van der Waals surface area contributed by atoms with E-state index in [1.807, 2.05) is 0 Å². The first-order chi connectivity index (χ1) is 11.2. The maximum atomic E-state index is 12.3. The van der Waals surface area contributed by atoms with E-state index in [9.17, 15) is 4.79 Å². The molecule has 1 aliphatic heterocycles. The van der Waals surface area contributed by atoms with Crippen LogP contribution in [0.25, 0.3) is 0 Å². The lowest BCUT2D eigenvalue weighted by Gasteiger charge is -2.23. The zero-order valence-corrected chi connectivity index (χ0v) is 16.4. The molecule has 4 nitrogen and oxygen atoms in total. The van der Waals surface area contributed by atoms with Crippen LogP contribution in [0.2, 0.25) is 0 Å². The molecule has 3 N–H and O–H groups in total. The highest BCUT2D eigenvalue weighted by Crippen LogP contribution is 2.27. The topological polar surface area (TPSA) is 58.4 Å². The van der Waals surface area contributed by atoms with Crippen molar-refractivity contribution in [2.75, 3.05) is 26.2 Å². The first-order valence-corrected chi connectivity index (χ1v) is 8.99. The molecule has 0 radical (unpaired) electrons. The predicted molar refractivity (Wildman–Crippen MR) is 108 cm³/mol. The lowest BCUT2D eigenvalue weighted by atomic mass is 9.97. The van der Waals surface area contributed by atoms with E-state index < -0.39 is 5.54 Å². The second-order valence-corrected chi connectivity index (χ2v) is 7.26. The Bertz CT molecular complexity index is 521. The summed E-state index contributed by atoms with van der Waals surface area (Å²) in [7, 11) is 0. The fraction of sp³-hybridized carbons (Fsp3) is 0.632. The van der Waals surface area contributed by atoms with Gasteiger partial charge in [0.25, 0.3) is 0 Å². The average molecular weight is 388 g/mol. The monoisotopic (exact) mass is 387 g/mol. The van der Waals surface area contributed by atoms with E-state index in [0.717, 1.165) is 58.3 Å². The number of hydrogen-bond donors (Lipinski definition) is 2. The van der Waals surface area contributed by atoms with Crippen molar-refractivity contribution >= 4 is 30.7 Å². The largest absolute Gasteiger partial charge is 0.354 e. The third-order valence-corrected chi connectivity index (χ3v) is 5.43. The zero-order chi connectivity index (χ0) is 16.1. The number of nitrogens with zero attached hydrogens (tertiary/aromatic N) is 1. The van der Waals surface area contributed by atoms with E-state index in [0.29, 0.717) is 5.92 Å². The predicted octanol–water partition coefficient (Wildman–Crippen LogP) is 2.78. The second kappa shape index (κ2) is 10.4. The molecular weight excluding hydrogens is 357 g/mol. The minimum atomic E-state index is -0.592. The first-order valence-electron chi connectivity index (χ1n) is 8.99. The van der Waals surface area contributed by atoms with Gasteiger partial charge in [-0.05, 0) is 43.7 Å². The summed E-state index contributed by atoms with van der Waals surface area (Å²) in [5.41, 5.74) is 7.01. The molecule has 0 spiro atoms. The Labute approximate surface area is 163 Å². The van der Waals surface area contributed by atoms with Crippen LogP contribution in [0.15, 0.2) is 30.3 Å². The number of nitrogens with two attached hydrogens (primary N) is 1. The molecule has 1 amide bonds. The van der Waals surface area contributed by atoms with E-state index in [4.69, 9.17) is 5.73 Å². The van der Waals surface area contributed by atoms with Gasteiger partial charge in [-0.3, -0.25) is 4.79 Å². The van der Waals surface area contributed by atoms with Crippen molar-refractivity contribution in [2.24, 2.45) is 11.7 Å². The van der Waals surface area contributed by atoms with Gasteiger partial charge in [-0.2, -0.15) is 0 Å². The standard InChI is InChI=1S/C19H29N3O.2ClH/c20-19(10-4-5-11-19)18(23)21-14-17-9-13-22(15-17)12-8-16-6-2-1-3-7-16;;/h1-3,6-7,17H,4-5,8-15,20H2,(H,21,23);2*1H. The average Bonchev–Trinajstić information content (AvgIpc) is 3.21. The Kier molecular flexibility index (Phi) is 9.22. The molecule has 142 valence electrons. The molecule has 0 bridgehead atoms. The molecule has 1 unspecified atom stereocenters. The number of amides is 1. The summed E-state index contributed by atoms with van der Waals surface area (Å²) >= 11 is 0. The summed E-state index contributed by atoms with van der Waals surface area (Å²) in [4.78, 5) is 14.8. The molecule has 1 heterocycles. The number of carbonyl (C=O) groups excluding carboxylic acids is 1. The third kappa shape index (κ3) is 6.14. The maximum absolute atomic E-state index is 12.3. The molecule has 3 rings (SSSR count). The molecule has 1 aromatic carbocycles. The lowest BCUT2D eigenvalue weighted by Crippen LogP contribution is -2.52. The molecule has 1 aliphatic carbocycles. The van der Waals surface area contributed by atoms with Crippen LogP contribution in [-0.4, -0.2) is 42.5 Å². The van der Waals surface area contributed by atoms with Crippen molar-refractivity contribution < 1.29 is 4.79 Å². The van der Waals surface area contributed by atoms with E-state index >= 15 is 0 Å². The van der Waals surface area contributed by atoms with Gasteiger partial charge in [-0.15, -0.1) is 24.8 Å². The van der Waals surface area contributed by atoms with Gasteiger partial charge < -0.3 is 16.0 Å². The Morgan fingerprint density at radius 2 is 1.88 bits per heavy atom. The van der Waals surface area contributed by atoms with Gasteiger partial charge in [-0.25, -0.2) is 0 Å². The number of halogens is 2. The summed E-state index contributed by atoms with van der Waals surface area (Å²) in [5.74, 6) is 0.637. The molecule has 25 heavy (non-hydrogen) atoms. The number of rotatable bonds is 6. The fourth-order valence-electron chi connectivity index (χ4n) is 3.86. The lowest BCUT2D eigenvalue weighted by molar-refractivity contribution is -0.126. The second-order valence-electron chi connectivity index (χ2n) is 7.26. The van der Waals surface area contributed by atoms with Crippen LogP contribution in [0.4, 0.5) is 0 Å². The Hall–Kier alpha value is -0.810. The molecule has 6 heteroatoms. The van der Waals surface area contributed by atoms with Gasteiger partial charge in [0, 0.05) is 19.6 Å². The van der Waals surface area contributed by atoms with Gasteiger partial charge in [0.1, 0.15) is 0 Å². The molecular formula is C19H31Cl2N3O. The third-order valence-electron chi connectivity index (χ3n) is 5.43. The Balaban J connectivity index is 0.00000156. The highest BCUT2D eigenvalue weighted by Gasteiger charge is 2.37. The number of benzene rings is 1. The molecule has 1 saturated heterocycles. The van der Waals surface area contributed by atoms with Crippen molar-refractivity contribution in [2.45, 2.75) is 44.1 Å². The molecule has 2 aliphatic rings. The Morgan fingerprint density at radius 1 is 1.20 bits per heavy atom. The number of hydrogen-bond acceptors (Lipinski definition) is 3. The summed E-state index contributed by atoms with van der Waals surface area (Å²) in [5, 5.41) is 3.11. The van der Waals surface area contributed by atoms with Crippen molar-refractivity contribution in [3.63, 3.8) is 0 Å². The van der Waals surface area contributed by atoms with Crippen LogP contribution in [0, 0.1) is 5.92 Å². The summed E-state index contributed by atoms with van der Waals surface area (Å²) in [6, 6.07) is 10.6. The van der Waals surface area contributed by atoms with Gasteiger partial charge in [0.15, 0.2) is 0 Å². The molecule has 0 aromatic heterocycles. The van der Waals surface area contributed by atoms with Crippen molar-refractivity contribution in [1.29, 1.82) is 0 Å². The minimum absolute atomic E-state index is 0. The van der Waals surface area contributed by atoms with Crippen LogP contribution in [0.5, 0.6) is 0 Å². The van der Waals surface area contributed by atoms with Gasteiger partial charge in [-0.1, -0.05) is 43.2 Å². The summed E-state index contributed by atoms with van der Waals surface area (Å²) < 4.78 is 0. The molecule has 1 aromatic rings. The molecule has 1 saturated carbocycles. The normalized spacial score (nSPS) is 22.0. The van der Waals surface area contributed by atoms with Crippen molar-refractivity contribution in [3.8, 4) is 0 Å².